The first-order valence-electron chi connectivity index (χ1n) is 9.65. The monoisotopic (exact) mass is 380 g/mol. The van der Waals surface area contributed by atoms with E-state index >= 15 is 0 Å². The van der Waals surface area contributed by atoms with E-state index in [0.29, 0.717) is 19.6 Å². The van der Waals surface area contributed by atoms with Crippen molar-refractivity contribution in [3.8, 4) is 0 Å². The van der Waals surface area contributed by atoms with Gasteiger partial charge in [0.1, 0.15) is 0 Å². The molecule has 146 valence electrons. The molecule has 0 spiro atoms. The van der Waals surface area contributed by atoms with Gasteiger partial charge >= 0.3 is 0 Å². The molecule has 0 radical (unpaired) electrons. The summed E-state index contributed by atoms with van der Waals surface area (Å²) in [7, 11) is 0.747. The molecule has 0 saturated carbocycles. The predicted molar refractivity (Wildman–Crippen MR) is 105 cm³/mol. The lowest BCUT2D eigenvalue weighted by Crippen LogP contribution is -2.56. The molecule has 0 aliphatic carbocycles. The summed E-state index contributed by atoms with van der Waals surface area (Å²) in [6.45, 7) is 5.28. The quantitative estimate of drug-likeness (QED) is 0.742. The van der Waals surface area contributed by atoms with Crippen LogP contribution in [-0.4, -0.2) is 92.8 Å². The third kappa shape index (κ3) is 4.84. The number of nitrogens with zero attached hydrogens (tertiary/aromatic N) is 4. The fraction of sp³-hybridized carbons (Fsp3) is 0.684. The first-order valence-corrected chi connectivity index (χ1v) is 11.0. The molecule has 0 amide bonds. The molecule has 2 heterocycles. The molecule has 0 unspecified atom stereocenters. The molecule has 2 aliphatic heterocycles. The first kappa shape index (κ1) is 19.8. The van der Waals surface area contributed by atoms with E-state index in [-0.39, 0.29) is 6.04 Å². The van der Waals surface area contributed by atoms with E-state index in [4.69, 9.17) is 0 Å². The van der Waals surface area contributed by atoms with Crippen LogP contribution in [0, 0.1) is 0 Å². The summed E-state index contributed by atoms with van der Waals surface area (Å²) in [4.78, 5) is 4.48. The molecular formula is C19H32N4O2S. The number of piperazine rings is 1. The van der Waals surface area contributed by atoms with Gasteiger partial charge in [-0.2, -0.15) is 17.0 Å². The SMILES string of the molecule is CN1CCC(N(CCc2ccccc2)S(=O)(=O)N2CCN(C)CC2)CC1. The van der Waals surface area contributed by atoms with Gasteiger partial charge in [-0.3, -0.25) is 0 Å². The minimum Gasteiger partial charge on any atom is -0.306 e. The van der Waals surface area contributed by atoms with Crippen LogP contribution in [0.25, 0.3) is 0 Å². The zero-order valence-electron chi connectivity index (χ0n) is 16.0. The highest BCUT2D eigenvalue weighted by Crippen LogP contribution is 2.22. The lowest BCUT2D eigenvalue weighted by atomic mass is 10.0. The molecule has 6 nitrogen and oxygen atoms in total. The topological polar surface area (TPSA) is 47.1 Å². The van der Waals surface area contributed by atoms with Gasteiger partial charge in [0, 0.05) is 38.8 Å². The molecule has 3 rings (SSSR count). The van der Waals surface area contributed by atoms with Crippen LogP contribution in [0.2, 0.25) is 0 Å². The lowest BCUT2D eigenvalue weighted by Gasteiger charge is -2.40. The van der Waals surface area contributed by atoms with Crippen LogP contribution in [0.3, 0.4) is 0 Å². The molecule has 7 heteroatoms. The fourth-order valence-electron chi connectivity index (χ4n) is 3.82. The van der Waals surface area contributed by atoms with Crippen molar-refractivity contribution in [1.82, 2.24) is 18.4 Å². The maximum absolute atomic E-state index is 13.4. The normalized spacial score (nSPS) is 22.1. The zero-order chi connectivity index (χ0) is 18.6. The van der Waals surface area contributed by atoms with Gasteiger partial charge in [0.25, 0.3) is 10.2 Å². The Morgan fingerprint density at radius 1 is 0.923 bits per heavy atom. The zero-order valence-corrected chi connectivity index (χ0v) is 16.9. The summed E-state index contributed by atoms with van der Waals surface area (Å²) in [6.07, 6.45) is 2.59. The second kappa shape index (κ2) is 8.80. The van der Waals surface area contributed by atoms with Gasteiger partial charge in [0.05, 0.1) is 0 Å². The number of benzene rings is 1. The third-order valence-corrected chi connectivity index (χ3v) is 7.74. The van der Waals surface area contributed by atoms with E-state index in [0.717, 1.165) is 45.4 Å². The summed E-state index contributed by atoms with van der Waals surface area (Å²) in [5, 5.41) is 0. The molecule has 0 N–H and O–H groups in total. The molecule has 0 atom stereocenters. The molecule has 1 aromatic carbocycles. The molecule has 0 aromatic heterocycles. The Labute approximate surface area is 158 Å². The fourth-order valence-corrected chi connectivity index (χ4v) is 5.65. The van der Waals surface area contributed by atoms with Crippen molar-refractivity contribution in [2.45, 2.75) is 25.3 Å². The van der Waals surface area contributed by atoms with E-state index < -0.39 is 10.2 Å². The minimum absolute atomic E-state index is 0.111. The van der Waals surface area contributed by atoms with Crippen LogP contribution >= 0.6 is 0 Å². The van der Waals surface area contributed by atoms with E-state index in [1.165, 1.54) is 5.56 Å². The van der Waals surface area contributed by atoms with E-state index in [1.54, 1.807) is 8.61 Å². The van der Waals surface area contributed by atoms with Gasteiger partial charge < -0.3 is 9.80 Å². The van der Waals surface area contributed by atoms with Crippen molar-refractivity contribution in [3.63, 3.8) is 0 Å². The van der Waals surface area contributed by atoms with Crippen molar-refractivity contribution in [1.29, 1.82) is 0 Å². The standard InChI is InChI=1S/C19H32N4O2S/c1-20-11-9-19(10-12-20)23(13-8-18-6-4-3-5-7-18)26(24,25)22-16-14-21(2)15-17-22/h3-7,19H,8-17H2,1-2H3. The minimum atomic E-state index is -3.41. The number of rotatable bonds is 6. The average molecular weight is 381 g/mol. The second-order valence-corrected chi connectivity index (χ2v) is 9.47. The van der Waals surface area contributed by atoms with Crippen LogP contribution in [0.4, 0.5) is 0 Å². The smallest absolute Gasteiger partial charge is 0.282 e. The molecular weight excluding hydrogens is 348 g/mol. The van der Waals surface area contributed by atoms with Crippen LogP contribution in [-0.2, 0) is 16.6 Å². The Balaban J connectivity index is 1.75. The summed E-state index contributed by atoms with van der Waals surface area (Å²) >= 11 is 0. The third-order valence-electron chi connectivity index (χ3n) is 5.64. The van der Waals surface area contributed by atoms with Crippen LogP contribution in [0.15, 0.2) is 30.3 Å². The van der Waals surface area contributed by atoms with Gasteiger partial charge in [0.15, 0.2) is 0 Å². The number of hydrogen-bond donors (Lipinski definition) is 0. The summed E-state index contributed by atoms with van der Waals surface area (Å²) < 4.78 is 30.3. The van der Waals surface area contributed by atoms with E-state index in [2.05, 4.69) is 29.0 Å². The summed E-state index contributed by atoms with van der Waals surface area (Å²) in [6, 6.07) is 10.3. The van der Waals surface area contributed by atoms with Gasteiger partial charge in [-0.25, -0.2) is 0 Å². The Hall–Kier alpha value is -0.990. The molecule has 26 heavy (non-hydrogen) atoms. The largest absolute Gasteiger partial charge is 0.306 e. The summed E-state index contributed by atoms with van der Waals surface area (Å²) in [5.74, 6) is 0. The van der Waals surface area contributed by atoms with Gasteiger partial charge in [-0.05, 0) is 52.0 Å². The molecule has 2 fully saturated rings. The Bertz CT molecular complexity index is 651. The summed E-state index contributed by atoms with van der Waals surface area (Å²) in [5.41, 5.74) is 1.19. The molecule has 2 saturated heterocycles. The number of likely N-dealkylation sites (tertiary alicyclic amines) is 1. The van der Waals surface area contributed by atoms with E-state index in [1.807, 2.05) is 25.2 Å². The van der Waals surface area contributed by atoms with Gasteiger partial charge in [-0.15, -0.1) is 0 Å². The van der Waals surface area contributed by atoms with E-state index in [9.17, 15) is 8.42 Å². The van der Waals surface area contributed by atoms with Crippen molar-refractivity contribution in [2.24, 2.45) is 0 Å². The highest BCUT2D eigenvalue weighted by molar-refractivity contribution is 7.86. The maximum atomic E-state index is 13.4. The molecule has 1 aromatic rings. The highest BCUT2D eigenvalue weighted by atomic mass is 32.2. The van der Waals surface area contributed by atoms with Crippen molar-refractivity contribution < 1.29 is 8.42 Å². The lowest BCUT2D eigenvalue weighted by molar-refractivity contribution is 0.165. The maximum Gasteiger partial charge on any atom is 0.282 e. The second-order valence-electron chi connectivity index (χ2n) is 7.59. The van der Waals surface area contributed by atoms with Crippen molar-refractivity contribution >= 4 is 10.2 Å². The Morgan fingerprint density at radius 2 is 1.50 bits per heavy atom. The number of hydrogen-bond acceptors (Lipinski definition) is 4. The van der Waals surface area contributed by atoms with Crippen molar-refractivity contribution in [3.05, 3.63) is 35.9 Å². The van der Waals surface area contributed by atoms with Crippen molar-refractivity contribution in [2.75, 3.05) is 59.9 Å². The predicted octanol–water partition coefficient (Wildman–Crippen LogP) is 1.12. The van der Waals surface area contributed by atoms with Crippen LogP contribution < -0.4 is 0 Å². The Kier molecular flexibility index (Phi) is 6.69. The number of piperidine rings is 1. The van der Waals surface area contributed by atoms with Crippen LogP contribution in [0.5, 0.6) is 0 Å². The average Bonchev–Trinajstić information content (AvgIpc) is 2.64. The van der Waals surface area contributed by atoms with Crippen LogP contribution in [0.1, 0.15) is 18.4 Å². The van der Waals surface area contributed by atoms with Gasteiger partial charge in [-0.1, -0.05) is 30.3 Å². The highest BCUT2D eigenvalue weighted by Gasteiger charge is 2.36. The first-order chi connectivity index (χ1) is 12.5. The van der Waals surface area contributed by atoms with Gasteiger partial charge in [0.2, 0.25) is 0 Å². The molecule has 2 aliphatic rings. The number of likely N-dealkylation sites (N-methyl/N-ethyl adjacent to an activating group) is 1. The molecule has 0 bridgehead atoms. The Morgan fingerprint density at radius 3 is 2.12 bits per heavy atom.